The van der Waals surface area contributed by atoms with Crippen LogP contribution < -0.4 is 0 Å². The first-order chi connectivity index (χ1) is 11.6. The van der Waals surface area contributed by atoms with Gasteiger partial charge in [-0.05, 0) is 46.6 Å². The van der Waals surface area contributed by atoms with Crippen molar-refractivity contribution in [1.29, 1.82) is 0 Å². The molecule has 5 heteroatoms. The van der Waals surface area contributed by atoms with Crippen LogP contribution in [0.4, 0.5) is 4.79 Å². The highest BCUT2D eigenvalue weighted by molar-refractivity contribution is 5.82. The van der Waals surface area contributed by atoms with E-state index in [0.717, 1.165) is 6.42 Å². The number of hydrogen-bond donors (Lipinski definition) is 0. The van der Waals surface area contributed by atoms with Gasteiger partial charge < -0.3 is 14.5 Å². The summed E-state index contributed by atoms with van der Waals surface area (Å²) >= 11 is 0. The lowest BCUT2D eigenvalue weighted by Crippen LogP contribution is -2.44. The molecule has 2 amide bonds. The second-order valence-electron chi connectivity index (χ2n) is 8.07. The summed E-state index contributed by atoms with van der Waals surface area (Å²) in [5.74, 6) is 0.321. The van der Waals surface area contributed by atoms with E-state index in [1.54, 1.807) is 7.05 Å². The molecule has 0 bridgehead atoms. The maximum Gasteiger partial charge on any atom is 0.410 e. The number of benzene rings is 1. The maximum atomic E-state index is 12.6. The summed E-state index contributed by atoms with van der Waals surface area (Å²) in [6.45, 7) is 10.3. The minimum Gasteiger partial charge on any atom is -0.444 e. The van der Waals surface area contributed by atoms with Crippen molar-refractivity contribution >= 4 is 12.0 Å². The number of rotatable bonds is 3. The van der Waals surface area contributed by atoms with Crippen LogP contribution in [0.15, 0.2) is 24.3 Å². The van der Waals surface area contributed by atoms with E-state index in [2.05, 4.69) is 38.1 Å². The van der Waals surface area contributed by atoms with Crippen LogP contribution in [0.25, 0.3) is 0 Å². The first-order valence-corrected chi connectivity index (χ1v) is 8.87. The Bertz CT molecular complexity index is 619. The monoisotopic (exact) mass is 346 g/mol. The molecule has 1 aliphatic heterocycles. The molecule has 1 fully saturated rings. The molecule has 0 aromatic heterocycles. The zero-order chi connectivity index (χ0) is 18.8. The number of ether oxygens (including phenoxy) is 1. The van der Waals surface area contributed by atoms with E-state index >= 15 is 0 Å². The quantitative estimate of drug-likeness (QED) is 0.841. The lowest BCUT2D eigenvalue weighted by molar-refractivity contribution is -0.132. The number of likely N-dealkylation sites (N-methyl/N-ethyl adjacent to an activating group) is 1. The van der Waals surface area contributed by atoms with Crippen molar-refractivity contribution in [3.05, 3.63) is 35.4 Å². The molecule has 2 rings (SSSR count). The zero-order valence-corrected chi connectivity index (χ0v) is 16.2. The third kappa shape index (κ3) is 5.21. The van der Waals surface area contributed by atoms with Gasteiger partial charge in [-0.3, -0.25) is 4.79 Å². The number of nitrogens with zero attached hydrogens (tertiary/aromatic N) is 2. The van der Waals surface area contributed by atoms with Crippen LogP contribution in [0.2, 0.25) is 0 Å². The van der Waals surface area contributed by atoms with Crippen molar-refractivity contribution in [3.8, 4) is 0 Å². The molecule has 0 saturated carbocycles. The number of carbonyl (C=O) groups is 2. The lowest BCUT2D eigenvalue weighted by Gasteiger charge is -2.27. The van der Waals surface area contributed by atoms with Gasteiger partial charge in [-0.2, -0.15) is 0 Å². The van der Waals surface area contributed by atoms with Crippen molar-refractivity contribution < 1.29 is 14.3 Å². The molecule has 0 N–H and O–H groups in total. The topological polar surface area (TPSA) is 49.9 Å². The van der Waals surface area contributed by atoms with Gasteiger partial charge in [0.2, 0.25) is 5.91 Å². The van der Waals surface area contributed by atoms with Crippen LogP contribution in [0.3, 0.4) is 0 Å². The highest BCUT2D eigenvalue weighted by Crippen LogP contribution is 2.31. The van der Waals surface area contributed by atoms with Gasteiger partial charge in [-0.15, -0.1) is 0 Å². The van der Waals surface area contributed by atoms with E-state index in [9.17, 15) is 9.59 Å². The van der Waals surface area contributed by atoms with Crippen LogP contribution in [0, 0.1) is 6.92 Å². The van der Waals surface area contributed by atoms with Crippen molar-refractivity contribution in [2.24, 2.45) is 0 Å². The summed E-state index contributed by atoms with van der Waals surface area (Å²) in [5, 5.41) is 0. The van der Waals surface area contributed by atoms with Gasteiger partial charge in [0.1, 0.15) is 12.1 Å². The van der Waals surface area contributed by atoms with Crippen LogP contribution >= 0.6 is 0 Å². The van der Waals surface area contributed by atoms with E-state index < -0.39 is 11.7 Å². The standard InChI is InChI=1S/C20H30N2O3/c1-14-7-9-16(10-8-14)17-11-15(2)22(12-17)18(23)13-21(6)19(24)25-20(3,4)5/h7-10,15,17H,11-13H2,1-6H3/t15-,17-/m0/s1. The predicted molar refractivity (Wildman–Crippen MR) is 98.6 cm³/mol. The number of amides is 2. The van der Waals surface area contributed by atoms with E-state index in [4.69, 9.17) is 4.74 Å². The van der Waals surface area contributed by atoms with Gasteiger partial charge in [-0.25, -0.2) is 4.79 Å². The predicted octanol–water partition coefficient (Wildman–Crippen LogP) is 3.57. The molecule has 0 aliphatic carbocycles. The Kier molecular flexibility index (Phi) is 5.76. The van der Waals surface area contributed by atoms with E-state index in [1.807, 2.05) is 25.7 Å². The first kappa shape index (κ1) is 19.3. The lowest BCUT2D eigenvalue weighted by atomic mass is 9.96. The van der Waals surface area contributed by atoms with Crippen molar-refractivity contribution in [3.63, 3.8) is 0 Å². The van der Waals surface area contributed by atoms with Gasteiger partial charge in [0.05, 0.1) is 0 Å². The molecule has 0 unspecified atom stereocenters. The molecule has 1 aromatic carbocycles. The number of aryl methyl sites for hydroxylation is 1. The molecule has 138 valence electrons. The van der Waals surface area contributed by atoms with E-state index in [1.165, 1.54) is 16.0 Å². The van der Waals surface area contributed by atoms with Crippen LogP contribution in [-0.2, 0) is 9.53 Å². The third-order valence-electron chi connectivity index (χ3n) is 4.52. The first-order valence-electron chi connectivity index (χ1n) is 8.87. The molecule has 1 aliphatic rings. The largest absolute Gasteiger partial charge is 0.444 e. The molecular weight excluding hydrogens is 316 g/mol. The fourth-order valence-electron chi connectivity index (χ4n) is 3.16. The highest BCUT2D eigenvalue weighted by Gasteiger charge is 2.34. The molecule has 25 heavy (non-hydrogen) atoms. The fraction of sp³-hybridized carbons (Fsp3) is 0.600. The van der Waals surface area contributed by atoms with Crippen molar-refractivity contribution in [2.75, 3.05) is 20.1 Å². The summed E-state index contributed by atoms with van der Waals surface area (Å²) in [7, 11) is 1.60. The second-order valence-corrected chi connectivity index (χ2v) is 8.07. The molecule has 5 nitrogen and oxygen atoms in total. The summed E-state index contributed by atoms with van der Waals surface area (Å²) in [4.78, 5) is 27.9. The molecule has 1 saturated heterocycles. The Morgan fingerprint density at radius 1 is 1.24 bits per heavy atom. The fourth-order valence-corrected chi connectivity index (χ4v) is 3.16. The average molecular weight is 346 g/mol. The minimum absolute atomic E-state index is 0.0320. The number of carbonyl (C=O) groups excluding carboxylic acids is 2. The molecule has 0 radical (unpaired) electrons. The van der Waals surface area contributed by atoms with Gasteiger partial charge >= 0.3 is 6.09 Å². The van der Waals surface area contributed by atoms with E-state index in [0.29, 0.717) is 12.5 Å². The maximum absolute atomic E-state index is 12.6. The molecule has 2 atom stereocenters. The third-order valence-corrected chi connectivity index (χ3v) is 4.52. The van der Waals surface area contributed by atoms with Crippen LogP contribution in [-0.4, -0.2) is 53.6 Å². The van der Waals surface area contributed by atoms with Crippen molar-refractivity contribution in [1.82, 2.24) is 9.80 Å². The Morgan fingerprint density at radius 2 is 1.84 bits per heavy atom. The van der Waals surface area contributed by atoms with Crippen molar-refractivity contribution in [2.45, 2.75) is 58.6 Å². The number of likely N-dealkylation sites (tertiary alicyclic amines) is 1. The SMILES string of the molecule is Cc1ccc([C@H]2C[C@H](C)N(C(=O)CN(C)C(=O)OC(C)(C)C)C2)cc1. The van der Waals surface area contributed by atoms with E-state index in [-0.39, 0.29) is 18.5 Å². The van der Waals surface area contributed by atoms with Gasteiger partial charge in [0, 0.05) is 25.6 Å². The Balaban J connectivity index is 1.95. The zero-order valence-electron chi connectivity index (χ0n) is 16.2. The van der Waals surface area contributed by atoms with Crippen LogP contribution in [0.1, 0.15) is 51.2 Å². The second kappa shape index (κ2) is 7.46. The summed E-state index contributed by atoms with van der Waals surface area (Å²) < 4.78 is 5.31. The average Bonchev–Trinajstić information content (AvgIpc) is 2.88. The normalized spacial score (nSPS) is 20.5. The highest BCUT2D eigenvalue weighted by atomic mass is 16.6. The van der Waals surface area contributed by atoms with Gasteiger partial charge in [0.15, 0.2) is 0 Å². The Labute approximate surface area is 150 Å². The molecular formula is C20H30N2O3. The minimum atomic E-state index is -0.564. The smallest absolute Gasteiger partial charge is 0.410 e. The van der Waals surface area contributed by atoms with Gasteiger partial charge in [0.25, 0.3) is 0 Å². The molecule has 1 heterocycles. The Hall–Kier alpha value is -2.04. The molecule has 1 aromatic rings. The summed E-state index contributed by atoms with van der Waals surface area (Å²) in [6, 6.07) is 8.69. The van der Waals surface area contributed by atoms with Gasteiger partial charge in [-0.1, -0.05) is 29.8 Å². The summed E-state index contributed by atoms with van der Waals surface area (Å²) in [5.41, 5.74) is 1.95. The molecule has 0 spiro atoms. The summed E-state index contributed by atoms with van der Waals surface area (Å²) in [6.07, 6.45) is 0.480. The number of hydrogen-bond acceptors (Lipinski definition) is 3. The Morgan fingerprint density at radius 3 is 2.40 bits per heavy atom. The van der Waals surface area contributed by atoms with Crippen LogP contribution in [0.5, 0.6) is 0 Å².